The first kappa shape index (κ1) is 22.5. The lowest BCUT2D eigenvalue weighted by molar-refractivity contribution is -0.122. The zero-order valence-electron chi connectivity index (χ0n) is 18.3. The summed E-state index contributed by atoms with van der Waals surface area (Å²) in [5.41, 5.74) is 3.16. The van der Waals surface area contributed by atoms with Gasteiger partial charge in [-0.25, -0.2) is 4.90 Å². The van der Waals surface area contributed by atoms with Crippen molar-refractivity contribution >= 4 is 40.9 Å². The number of amides is 2. The van der Waals surface area contributed by atoms with Gasteiger partial charge in [0.2, 0.25) is 0 Å². The zero-order valence-corrected chi connectivity index (χ0v) is 19.1. The van der Waals surface area contributed by atoms with Crippen LogP contribution in [0, 0.1) is 6.92 Å². The SMILES string of the molecule is CCOc1cc(C)c(/C=C2\C(=O)NC(=S)N(c3ccccc3OC)C2=O)cc1C(C)C. The van der Waals surface area contributed by atoms with Crippen LogP contribution in [0.25, 0.3) is 6.08 Å². The number of rotatable bonds is 6. The van der Waals surface area contributed by atoms with Crippen LogP contribution in [0.15, 0.2) is 42.0 Å². The fraction of sp³-hybridized carbons (Fsp3) is 0.292. The van der Waals surface area contributed by atoms with Gasteiger partial charge in [-0.05, 0) is 79.0 Å². The normalized spacial score (nSPS) is 15.5. The molecule has 31 heavy (non-hydrogen) atoms. The van der Waals surface area contributed by atoms with Gasteiger partial charge in [-0.1, -0.05) is 26.0 Å². The van der Waals surface area contributed by atoms with Crippen molar-refractivity contribution in [1.29, 1.82) is 0 Å². The van der Waals surface area contributed by atoms with Gasteiger partial charge in [-0.2, -0.15) is 0 Å². The van der Waals surface area contributed by atoms with E-state index in [9.17, 15) is 9.59 Å². The molecule has 1 fully saturated rings. The van der Waals surface area contributed by atoms with Gasteiger partial charge in [-0.3, -0.25) is 14.9 Å². The summed E-state index contributed by atoms with van der Waals surface area (Å²) in [6.45, 7) is 8.57. The van der Waals surface area contributed by atoms with Crippen molar-refractivity contribution in [2.24, 2.45) is 0 Å². The fourth-order valence-electron chi connectivity index (χ4n) is 3.45. The molecule has 0 spiro atoms. The molecular weight excluding hydrogens is 412 g/mol. The van der Waals surface area contributed by atoms with Gasteiger partial charge in [0.1, 0.15) is 17.1 Å². The van der Waals surface area contributed by atoms with Crippen LogP contribution >= 0.6 is 12.2 Å². The third-order valence-electron chi connectivity index (χ3n) is 5.05. The van der Waals surface area contributed by atoms with E-state index in [2.05, 4.69) is 19.2 Å². The molecule has 2 aromatic carbocycles. The Balaban J connectivity index is 2.09. The number of hydrogen-bond acceptors (Lipinski definition) is 5. The third-order valence-corrected chi connectivity index (χ3v) is 5.33. The Labute approximate surface area is 187 Å². The lowest BCUT2D eigenvalue weighted by Gasteiger charge is -2.30. The molecule has 7 heteroatoms. The maximum Gasteiger partial charge on any atom is 0.270 e. The molecule has 0 radical (unpaired) electrons. The second-order valence-corrected chi connectivity index (χ2v) is 7.85. The van der Waals surface area contributed by atoms with Crippen LogP contribution in [0.4, 0.5) is 5.69 Å². The molecule has 1 heterocycles. The van der Waals surface area contributed by atoms with E-state index in [0.717, 1.165) is 22.4 Å². The minimum atomic E-state index is -0.527. The third kappa shape index (κ3) is 4.46. The highest BCUT2D eigenvalue weighted by Gasteiger charge is 2.35. The van der Waals surface area contributed by atoms with E-state index < -0.39 is 11.8 Å². The minimum absolute atomic E-state index is 0.00136. The highest BCUT2D eigenvalue weighted by molar-refractivity contribution is 7.80. The van der Waals surface area contributed by atoms with Crippen molar-refractivity contribution in [3.8, 4) is 11.5 Å². The van der Waals surface area contributed by atoms with Gasteiger partial charge in [-0.15, -0.1) is 0 Å². The number of para-hydroxylation sites is 2. The molecule has 0 saturated carbocycles. The van der Waals surface area contributed by atoms with Crippen LogP contribution < -0.4 is 19.7 Å². The van der Waals surface area contributed by atoms with E-state index in [1.807, 2.05) is 26.0 Å². The van der Waals surface area contributed by atoms with Crippen LogP contribution in [-0.4, -0.2) is 30.6 Å². The summed E-state index contributed by atoms with van der Waals surface area (Å²) in [4.78, 5) is 27.3. The number of hydrogen-bond donors (Lipinski definition) is 1. The highest BCUT2D eigenvalue weighted by Crippen LogP contribution is 2.33. The van der Waals surface area contributed by atoms with Crippen molar-refractivity contribution in [3.05, 3.63) is 58.7 Å². The summed E-state index contributed by atoms with van der Waals surface area (Å²) in [6.07, 6.45) is 1.61. The molecule has 1 saturated heterocycles. The van der Waals surface area contributed by atoms with Crippen molar-refractivity contribution in [1.82, 2.24) is 5.32 Å². The van der Waals surface area contributed by atoms with Crippen molar-refractivity contribution in [2.75, 3.05) is 18.6 Å². The van der Waals surface area contributed by atoms with Crippen LogP contribution in [0.2, 0.25) is 0 Å². The highest BCUT2D eigenvalue weighted by atomic mass is 32.1. The molecular formula is C24H26N2O4S. The van der Waals surface area contributed by atoms with Crippen LogP contribution in [0.3, 0.4) is 0 Å². The fourth-order valence-corrected chi connectivity index (χ4v) is 3.72. The molecule has 2 amide bonds. The average Bonchev–Trinajstić information content (AvgIpc) is 2.72. The van der Waals surface area contributed by atoms with Crippen molar-refractivity contribution in [3.63, 3.8) is 0 Å². The summed E-state index contributed by atoms with van der Waals surface area (Å²) in [5, 5.41) is 2.63. The molecule has 1 N–H and O–H groups in total. The number of methoxy groups -OCH3 is 1. The molecule has 0 bridgehead atoms. The Morgan fingerprint density at radius 3 is 2.52 bits per heavy atom. The first-order chi connectivity index (χ1) is 14.8. The van der Waals surface area contributed by atoms with Gasteiger partial charge >= 0.3 is 0 Å². The van der Waals surface area contributed by atoms with Gasteiger partial charge in [0.15, 0.2) is 5.11 Å². The monoisotopic (exact) mass is 438 g/mol. The number of anilines is 1. The predicted octanol–water partition coefficient (Wildman–Crippen LogP) is 4.36. The first-order valence-electron chi connectivity index (χ1n) is 10.1. The number of thiocarbonyl (C=S) groups is 1. The molecule has 3 rings (SSSR count). The Morgan fingerprint density at radius 1 is 1.16 bits per heavy atom. The van der Waals surface area contributed by atoms with Crippen LogP contribution in [-0.2, 0) is 9.59 Å². The standard InChI is InChI=1S/C24H26N2O4S/c1-6-30-21-11-15(4)16(12-17(21)14(2)3)13-18-22(27)25-24(31)26(23(18)28)19-9-7-8-10-20(19)29-5/h7-14H,6H2,1-5H3,(H,25,27,31)/b18-13+. The number of carbonyl (C=O) groups excluding carboxylic acids is 2. The van der Waals surface area contributed by atoms with E-state index in [4.69, 9.17) is 21.7 Å². The second-order valence-electron chi connectivity index (χ2n) is 7.46. The second kappa shape index (κ2) is 9.31. The van der Waals surface area contributed by atoms with E-state index in [1.165, 1.54) is 12.0 Å². The van der Waals surface area contributed by atoms with Gasteiger partial charge in [0, 0.05) is 0 Å². The van der Waals surface area contributed by atoms with E-state index in [0.29, 0.717) is 18.0 Å². The van der Waals surface area contributed by atoms with Crippen LogP contribution in [0.5, 0.6) is 11.5 Å². The molecule has 1 aliphatic heterocycles. The number of carbonyl (C=O) groups is 2. The largest absolute Gasteiger partial charge is 0.495 e. The zero-order chi connectivity index (χ0) is 22.7. The summed E-state index contributed by atoms with van der Waals surface area (Å²) < 4.78 is 11.1. The summed E-state index contributed by atoms with van der Waals surface area (Å²) in [7, 11) is 1.52. The topological polar surface area (TPSA) is 67.9 Å². The smallest absolute Gasteiger partial charge is 0.270 e. The number of nitrogens with one attached hydrogen (secondary N) is 1. The van der Waals surface area contributed by atoms with Gasteiger partial charge < -0.3 is 9.47 Å². The quantitative estimate of drug-likeness (QED) is 0.412. The minimum Gasteiger partial charge on any atom is -0.495 e. The molecule has 0 atom stereocenters. The van der Waals surface area contributed by atoms with E-state index in [1.54, 1.807) is 30.3 Å². The summed E-state index contributed by atoms with van der Waals surface area (Å²) in [6, 6.07) is 10.9. The Hall–Kier alpha value is -3.19. The number of ether oxygens (including phenoxy) is 2. The first-order valence-corrected chi connectivity index (χ1v) is 10.5. The molecule has 0 unspecified atom stereocenters. The maximum atomic E-state index is 13.3. The number of nitrogens with zero attached hydrogens (tertiary/aromatic N) is 1. The predicted molar refractivity (Wildman–Crippen MR) is 126 cm³/mol. The lowest BCUT2D eigenvalue weighted by Crippen LogP contribution is -2.54. The number of benzene rings is 2. The van der Waals surface area contributed by atoms with Gasteiger partial charge in [0.05, 0.1) is 19.4 Å². The molecule has 2 aromatic rings. The lowest BCUT2D eigenvalue weighted by atomic mass is 9.95. The molecule has 6 nitrogen and oxygen atoms in total. The summed E-state index contributed by atoms with van der Waals surface area (Å²) >= 11 is 5.29. The Morgan fingerprint density at radius 2 is 1.87 bits per heavy atom. The van der Waals surface area contributed by atoms with Gasteiger partial charge in [0.25, 0.3) is 11.8 Å². The maximum absolute atomic E-state index is 13.3. The van der Waals surface area contributed by atoms with Crippen LogP contribution in [0.1, 0.15) is 43.4 Å². The average molecular weight is 439 g/mol. The van der Waals surface area contributed by atoms with E-state index >= 15 is 0 Å². The summed E-state index contributed by atoms with van der Waals surface area (Å²) in [5.74, 6) is 0.479. The van der Waals surface area contributed by atoms with Crippen molar-refractivity contribution < 1.29 is 19.1 Å². The molecule has 1 aliphatic rings. The van der Waals surface area contributed by atoms with Crippen molar-refractivity contribution in [2.45, 2.75) is 33.6 Å². The Bertz CT molecular complexity index is 1080. The number of aryl methyl sites for hydroxylation is 1. The molecule has 0 aliphatic carbocycles. The molecule has 0 aromatic heterocycles. The molecule has 162 valence electrons. The Kier molecular flexibility index (Phi) is 6.75. The van der Waals surface area contributed by atoms with E-state index in [-0.39, 0.29) is 16.6 Å².